The van der Waals surface area contributed by atoms with Crippen LogP contribution in [0.25, 0.3) is 66.7 Å². The first kappa shape index (κ1) is 47.3. The number of aromatic nitrogens is 2. The lowest BCUT2D eigenvalue weighted by Gasteiger charge is -2.31. The summed E-state index contributed by atoms with van der Waals surface area (Å²) >= 11 is 0. The third-order valence-electron chi connectivity index (χ3n) is 16.4. The van der Waals surface area contributed by atoms with Crippen LogP contribution in [0.1, 0.15) is 52.5 Å². The molecule has 4 atom stereocenters. The van der Waals surface area contributed by atoms with Crippen LogP contribution < -0.4 is 10.6 Å². The molecular weight excluding hydrogens is 977 g/mol. The molecule has 0 spiro atoms. The van der Waals surface area contributed by atoms with Gasteiger partial charge in [0.05, 0.1) is 22.4 Å². The average molecular weight is 1030 g/mol. The minimum Gasteiger partial charge on any atom is -0.351 e. The summed E-state index contributed by atoms with van der Waals surface area (Å²) in [5.41, 5.74) is 18.1. The largest absolute Gasteiger partial charge is 0.351 e. The zero-order valence-electron chi connectivity index (χ0n) is 44.1. The van der Waals surface area contributed by atoms with Gasteiger partial charge >= 0.3 is 0 Å². The molecule has 5 aliphatic rings. The zero-order valence-corrected chi connectivity index (χ0v) is 44.1. The minimum atomic E-state index is -0.428. The van der Waals surface area contributed by atoms with E-state index in [1.54, 1.807) is 0 Å². The minimum absolute atomic E-state index is 0.0695. The van der Waals surface area contributed by atoms with Crippen LogP contribution >= 0.6 is 0 Å². The van der Waals surface area contributed by atoms with E-state index >= 15 is 0 Å². The summed E-state index contributed by atoms with van der Waals surface area (Å²) in [6.07, 6.45) is 20.4. The highest BCUT2D eigenvalue weighted by molar-refractivity contribution is 6.16. The third kappa shape index (κ3) is 8.48. The maximum absolute atomic E-state index is 5.69. The summed E-state index contributed by atoms with van der Waals surface area (Å²) in [5, 5.41) is 10.2. The predicted octanol–water partition coefficient (Wildman–Crippen LogP) is 15.5. The fourth-order valence-electron chi connectivity index (χ4n) is 12.5. The van der Waals surface area contributed by atoms with Gasteiger partial charge in [-0.05, 0) is 102 Å². The molecule has 0 saturated heterocycles. The Hall–Kier alpha value is -9.92. The molecule has 80 heavy (non-hydrogen) atoms. The first-order valence-corrected chi connectivity index (χ1v) is 28.0. The Bertz CT molecular complexity index is 4280. The summed E-state index contributed by atoms with van der Waals surface area (Å²) in [6.45, 7) is 0. The van der Waals surface area contributed by atoms with Crippen LogP contribution in [0, 0.1) is 11.8 Å². The lowest BCUT2D eigenvalue weighted by Crippen LogP contribution is -2.45. The zero-order chi connectivity index (χ0) is 52.9. The molecule has 2 aromatic heterocycles. The van der Waals surface area contributed by atoms with E-state index in [9.17, 15) is 0 Å². The lowest BCUT2D eigenvalue weighted by molar-refractivity contribution is 0.468. The second-order valence-electron chi connectivity index (χ2n) is 21.2. The number of allylic oxidation sites excluding steroid dienone is 6. The van der Waals surface area contributed by atoms with E-state index < -0.39 is 6.17 Å². The molecule has 15 rings (SSSR count). The van der Waals surface area contributed by atoms with Crippen molar-refractivity contribution in [2.45, 2.75) is 38.0 Å². The van der Waals surface area contributed by atoms with Crippen LogP contribution in [0.4, 0.5) is 0 Å². The van der Waals surface area contributed by atoms with Gasteiger partial charge in [-0.1, -0.05) is 212 Å². The number of para-hydroxylation sites is 3. The van der Waals surface area contributed by atoms with E-state index in [2.05, 4.69) is 275 Å². The Morgan fingerprint density at radius 1 is 0.463 bits per heavy atom. The number of amidine groups is 4. The number of fused-ring (bicyclic) bond motifs is 7. The Labute approximate surface area is 465 Å². The second-order valence-corrected chi connectivity index (χ2v) is 21.2. The number of nitrogens with one attached hydrogen (secondary N) is 2. The molecule has 8 heteroatoms. The van der Waals surface area contributed by atoms with Crippen molar-refractivity contribution in [1.82, 2.24) is 19.8 Å². The van der Waals surface area contributed by atoms with Crippen molar-refractivity contribution in [3.63, 3.8) is 0 Å². The summed E-state index contributed by atoms with van der Waals surface area (Å²) in [6, 6.07) is 73.9. The number of rotatable bonds is 10. The van der Waals surface area contributed by atoms with E-state index in [4.69, 9.17) is 20.0 Å². The molecule has 8 nitrogen and oxygen atoms in total. The van der Waals surface area contributed by atoms with Gasteiger partial charge in [0.2, 0.25) is 0 Å². The van der Waals surface area contributed by atoms with Crippen molar-refractivity contribution in [1.29, 1.82) is 0 Å². The molecule has 0 amide bonds. The summed E-state index contributed by atoms with van der Waals surface area (Å²) in [5.74, 6) is 3.19. The van der Waals surface area contributed by atoms with Crippen molar-refractivity contribution in [2.24, 2.45) is 31.8 Å². The molecule has 384 valence electrons. The fraction of sp³-hybridized carbons (Fsp3) is 0.111. The van der Waals surface area contributed by atoms with Crippen LogP contribution in [0.15, 0.2) is 275 Å². The van der Waals surface area contributed by atoms with E-state index in [1.165, 1.54) is 44.4 Å². The van der Waals surface area contributed by atoms with E-state index in [-0.39, 0.29) is 18.0 Å². The molecule has 3 aliphatic carbocycles. The van der Waals surface area contributed by atoms with Gasteiger partial charge in [-0.2, -0.15) is 0 Å². The number of hydrogen-bond donors (Lipinski definition) is 2. The molecular formula is C72H56N8. The number of aryl methyl sites for hydroxylation is 1. The quantitative estimate of drug-likeness (QED) is 0.143. The lowest BCUT2D eigenvalue weighted by atomic mass is 9.91. The molecule has 4 unspecified atom stereocenters. The first-order chi connectivity index (χ1) is 39.7. The van der Waals surface area contributed by atoms with Crippen molar-refractivity contribution in [3.05, 3.63) is 288 Å². The molecule has 0 bridgehead atoms. The standard InChI is InChI=1S/C72H56N8/c1-6-20-47(21-7-1)49-34-38-53(39-35-49)69-74-70(54-40-36-50(37-41-54)48-22-8-2-9-23-48)76-71(75-69)55-42-44-63(60(46-55)72-77-67(51-24-10-3-11-25-51)73-68(78-72)52-26-12-4-13-27-52)80-61-32-18-16-30-57(61)58-43-45-64-65(66(58)80)59-31-17-19-33-62(59)79(64)56-28-14-5-15-29-56/h1-24,26,28-42,44,46,51-52,67,69H,25,27,43,45H2,(H,73,77,78)(H,74,75,76). The molecule has 0 fully saturated rings. The van der Waals surface area contributed by atoms with Crippen LogP contribution in [-0.2, 0) is 12.8 Å². The van der Waals surface area contributed by atoms with Gasteiger partial charge in [-0.25, -0.2) is 20.0 Å². The van der Waals surface area contributed by atoms with Gasteiger partial charge in [-0.3, -0.25) is 0 Å². The normalized spacial score (nSPS) is 19.1. The number of hydrogen-bond acceptors (Lipinski definition) is 6. The number of benzene rings is 8. The second kappa shape index (κ2) is 20.1. The van der Waals surface area contributed by atoms with Crippen LogP contribution in [0.2, 0.25) is 0 Å². The summed E-state index contributed by atoms with van der Waals surface area (Å²) < 4.78 is 5.02. The number of nitrogens with zero attached hydrogens (tertiary/aromatic N) is 6. The van der Waals surface area contributed by atoms with Crippen molar-refractivity contribution < 1.29 is 0 Å². The fourth-order valence-corrected chi connectivity index (χ4v) is 12.5. The highest BCUT2D eigenvalue weighted by atomic mass is 15.2. The highest BCUT2D eigenvalue weighted by Gasteiger charge is 2.34. The Balaban J connectivity index is 0.944. The van der Waals surface area contributed by atoms with E-state index in [0.29, 0.717) is 11.7 Å². The molecule has 8 aromatic carbocycles. The van der Waals surface area contributed by atoms with Gasteiger partial charge in [0.15, 0.2) is 11.7 Å². The Morgan fingerprint density at radius 3 is 1.77 bits per heavy atom. The van der Waals surface area contributed by atoms with Crippen LogP contribution in [-0.4, -0.2) is 38.6 Å². The predicted molar refractivity (Wildman–Crippen MR) is 329 cm³/mol. The summed E-state index contributed by atoms with van der Waals surface area (Å²) in [7, 11) is 0. The highest BCUT2D eigenvalue weighted by Crippen LogP contribution is 2.48. The molecule has 0 saturated carbocycles. The van der Waals surface area contributed by atoms with Gasteiger partial charge in [-0.15, -0.1) is 0 Å². The average Bonchev–Trinajstić information content (AvgIpc) is 4.13. The molecule has 2 aliphatic heterocycles. The van der Waals surface area contributed by atoms with Crippen molar-refractivity contribution >= 4 is 45.1 Å². The Morgan fingerprint density at radius 2 is 1.07 bits per heavy atom. The number of aliphatic imine (C=N–C) groups is 4. The van der Waals surface area contributed by atoms with Crippen molar-refractivity contribution in [3.8, 4) is 44.9 Å². The molecule has 0 radical (unpaired) electrons. The van der Waals surface area contributed by atoms with E-state index in [1.807, 2.05) is 0 Å². The van der Waals surface area contributed by atoms with Gasteiger partial charge in [0, 0.05) is 56.2 Å². The SMILES string of the molecule is C1=CCC(C2=NC(c3cc(C4=NC(c5ccc(-c6ccccc6)cc5)=NC(c5ccc(-c6ccccc6)cc5)N4)ccc3-n3c4c(c5ccccc53)CCc3c-4c4ccccc4n3-c3ccccc3)=NC(C3C=CC=CC3)N2)C=C1. The smallest absolute Gasteiger partial charge is 0.160 e. The Kier molecular flexibility index (Phi) is 11.9. The van der Waals surface area contributed by atoms with Crippen molar-refractivity contribution in [2.75, 3.05) is 0 Å². The summed E-state index contributed by atoms with van der Waals surface area (Å²) in [4.78, 5) is 22.2. The maximum Gasteiger partial charge on any atom is 0.160 e. The monoisotopic (exact) mass is 1030 g/mol. The van der Waals surface area contributed by atoms with E-state index in [0.717, 1.165) is 93.2 Å². The van der Waals surface area contributed by atoms with Gasteiger partial charge in [0.1, 0.15) is 24.0 Å². The molecule has 10 aromatic rings. The van der Waals surface area contributed by atoms with Crippen LogP contribution in [0.5, 0.6) is 0 Å². The molecule has 2 N–H and O–H groups in total. The van der Waals surface area contributed by atoms with Gasteiger partial charge < -0.3 is 19.8 Å². The maximum atomic E-state index is 5.69. The first-order valence-electron chi connectivity index (χ1n) is 28.0. The van der Waals surface area contributed by atoms with Gasteiger partial charge in [0.25, 0.3) is 0 Å². The van der Waals surface area contributed by atoms with Crippen LogP contribution in [0.3, 0.4) is 0 Å². The third-order valence-corrected chi connectivity index (χ3v) is 16.4. The topological polar surface area (TPSA) is 83.4 Å². The molecule has 4 heterocycles.